The third-order valence-corrected chi connectivity index (χ3v) is 4.71. The van der Waals surface area contributed by atoms with Gasteiger partial charge < -0.3 is 10.6 Å². The lowest BCUT2D eigenvalue weighted by Gasteiger charge is -2.10. The number of hydrogen-bond acceptors (Lipinski definition) is 4. The lowest BCUT2D eigenvalue weighted by Crippen LogP contribution is -2.22. The van der Waals surface area contributed by atoms with Gasteiger partial charge in [-0.05, 0) is 24.6 Å². The molecular formula is C12H17ClN2O3S. The molecule has 0 aliphatic carbocycles. The summed E-state index contributed by atoms with van der Waals surface area (Å²) >= 11 is 5.72. The van der Waals surface area contributed by atoms with Crippen molar-refractivity contribution < 1.29 is 13.2 Å². The van der Waals surface area contributed by atoms with Crippen LogP contribution in [0.5, 0.6) is 0 Å². The van der Waals surface area contributed by atoms with Crippen molar-refractivity contribution in [3.8, 4) is 0 Å². The van der Waals surface area contributed by atoms with Crippen molar-refractivity contribution in [1.29, 1.82) is 0 Å². The minimum atomic E-state index is -3.48. The summed E-state index contributed by atoms with van der Waals surface area (Å²) in [5, 5.41) is 0.388. The number of rotatable bonds is 5. The first-order valence-electron chi connectivity index (χ1n) is 5.72. The molecule has 1 aromatic rings. The molecule has 0 unspecified atom stereocenters. The Balaban J connectivity index is 2.74. The first kappa shape index (κ1) is 15.8. The molecule has 0 saturated carbocycles. The normalized spacial score (nSPS) is 11.3. The van der Waals surface area contributed by atoms with Crippen molar-refractivity contribution in [2.24, 2.45) is 0 Å². The molecule has 0 bridgehead atoms. The fraction of sp³-hybridized carbons (Fsp3) is 0.417. The molecule has 0 heterocycles. The summed E-state index contributed by atoms with van der Waals surface area (Å²) in [5.41, 5.74) is 5.78. The van der Waals surface area contributed by atoms with E-state index in [0.29, 0.717) is 5.02 Å². The van der Waals surface area contributed by atoms with E-state index in [-0.39, 0.29) is 35.1 Å². The Bertz CT molecular complexity index is 570. The highest BCUT2D eigenvalue weighted by atomic mass is 35.5. The molecule has 0 saturated heterocycles. The van der Waals surface area contributed by atoms with E-state index in [1.807, 2.05) is 0 Å². The van der Waals surface area contributed by atoms with Crippen LogP contribution in [0.1, 0.15) is 12.8 Å². The van der Waals surface area contributed by atoms with Crippen LogP contribution in [0.4, 0.5) is 5.69 Å². The maximum atomic E-state index is 12.1. The van der Waals surface area contributed by atoms with Gasteiger partial charge in [0, 0.05) is 25.5 Å². The number of amides is 1. The first-order valence-corrected chi connectivity index (χ1v) is 7.75. The second kappa shape index (κ2) is 6.25. The van der Waals surface area contributed by atoms with E-state index in [9.17, 15) is 13.2 Å². The molecule has 0 fully saturated rings. The van der Waals surface area contributed by atoms with E-state index < -0.39 is 9.84 Å². The van der Waals surface area contributed by atoms with E-state index in [4.69, 9.17) is 17.3 Å². The predicted molar refractivity (Wildman–Crippen MR) is 75.8 cm³/mol. The average Bonchev–Trinajstić information content (AvgIpc) is 2.27. The zero-order valence-corrected chi connectivity index (χ0v) is 12.5. The van der Waals surface area contributed by atoms with Crippen LogP contribution >= 0.6 is 11.6 Å². The third kappa shape index (κ3) is 4.40. The van der Waals surface area contributed by atoms with Gasteiger partial charge >= 0.3 is 0 Å². The summed E-state index contributed by atoms with van der Waals surface area (Å²) in [6.45, 7) is 0. The predicted octanol–water partition coefficient (Wildman–Crippen LogP) is 1.56. The van der Waals surface area contributed by atoms with Crippen LogP contribution in [-0.4, -0.2) is 39.1 Å². The minimum Gasteiger partial charge on any atom is -0.398 e. The minimum absolute atomic E-state index is 0.0641. The van der Waals surface area contributed by atoms with Crippen LogP contribution in [0.25, 0.3) is 0 Å². The second-order valence-corrected chi connectivity index (χ2v) is 6.91. The smallest absolute Gasteiger partial charge is 0.222 e. The zero-order valence-electron chi connectivity index (χ0n) is 10.9. The number of nitrogens with zero attached hydrogens (tertiary/aromatic N) is 1. The molecule has 19 heavy (non-hydrogen) atoms. The number of sulfone groups is 1. The van der Waals surface area contributed by atoms with Gasteiger partial charge in [-0.1, -0.05) is 11.6 Å². The number of anilines is 1. The van der Waals surface area contributed by atoms with Crippen molar-refractivity contribution >= 4 is 33.0 Å². The number of hydrogen-bond donors (Lipinski definition) is 1. The van der Waals surface area contributed by atoms with Crippen LogP contribution in [0, 0.1) is 0 Å². The molecule has 1 amide bonds. The number of carbonyl (C=O) groups is 1. The highest BCUT2D eigenvalue weighted by molar-refractivity contribution is 7.91. The third-order valence-electron chi connectivity index (χ3n) is 2.61. The molecule has 0 aliphatic heterocycles. The average molecular weight is 305 g/mol. The SMILES string of the molecule is CN(C)C(=O)CCCS(=O)(=O)c1ccc(Cl)cc1N. The van der Waals surface area contributed by atoms with E-state index in [1.54, 1.807) is 14.1 Å². The lowest BCUT2D eigenvalue weighted by atomic mass is 10.3. The molecule has 0 spiro atoms. The van der Waals surface area contributed by atoms with Gasteiger partial charge in [-0.25, -0.2) is 8.42 Å². The van der Waals surface area contributed by atoms with Crippen molar-refractivity contribution in [2.75, 3.05) is 25.6 Å². The quantitative estimate of drug-likeness (QED) is 0.837. The largest absolute Gasteiger partial charge is 0.398 e. The molecule has 0 radical (unpaired) electrons. The summed E-state index contributed by atoms with van der Waals surface area (Å²) in [4.78, 5) is 12.9. The van der Waals surface area contributed by atoms with E-state index in [1.165, 1.54) is 23.1 Å². The lowest BCUT2D eigenvalue weighted by molar-refractivity contribution is -0.128. The van der Waals surface area contributed by atoms with Gasteiger partial charge in [-0.2, -0.15) is 0 Å². The van der Waals surface area contributed by atoms with Crippen molar-refractivity contribution in [3.05, 3.63) is 23.2 Å². The summed E-state index contributed by atoms with van der Waals surface area (Å²) in [6.07, 6.45) is 0.459. The highest BCUT2D eigenvalue weighted by Crippen LogP contribution is 2.24. The summed E-state index contributed by atoms with van der Waals surface area (Å²) in [5.74, 6) is -0.211. The second-order valence-electron chi connectivity index (χ2n) is 4.39. The van der Waals surface area contributed by atoms with E-state index in [0.717, 1.165) is 0 Å². The number of nitrogen functional groups attached to an aromatic ring is 1. The first-order chi connectivity index (χ1) is 8.74. The molecule has 5 nitrogen and oxygen atoms in total. The van der Waals surface area contributed by atoms with Crippen LogP contribution in [0.15, 0.2) is 23.1 Å². The molecule has 0 atom stereocenters. The summed E-state index contributed by atoms with van der Waals surface area (Å²) in [6, 6.07) is 4.27. The van der Waals surface area contributed by atoms with E-state index in [2.05, 4.69) is 0 Å². The van der Waals surface area contributed by atoms with Crippen LogP contribution in [0.3, 0.4) is 0 Å². The highest BCUT2D eigenvalue weighted by Gasteiger charge is 2.18. The fourth-order valence-corrected chi connectivity index (χ4v) is 3.17. The number of carbonyl (C=O) groups excluding carboxylic acids is 1. The Kier molecular flexibility index (Phi) is 5.20. The van der Waals surface area contributed by atoms with Gasteiger partial charge in [0.2, 0.25) is 5.91 Å². The van der Waals surface area contributed by atoms with Gasteiger partial charge in [0.25, 0.3) is 0 Å². The Morgan fingerprint density at radius 1 is 1.37 bits per heavy atom. The van der Waals surface area contributed by atoms with E-state index >= 15 is 0 Å². The van der Waals surface area contributed by atoms with Gasteiger partial charge in [0.15, 0.2) is 9.84 Å². The maximum Gasteiger partial charge on any atom is 0.222 e. The number of nitrogens with two attached hydrogens (primary N) is 1. The molecule has 1 aromatic carbocycles. The van der Waals surface area contributed by atoms with Crippen LogP contribution in [0.2, 0.25) is 5.02 Å². The standard InChI is InChI=1S/C12H17ClN2O3S/c1-15(2)12(16)4-3-7-19(17,18)11-6-5-9(13)8-10(11)14/h5-6,8H,3-4,7,14H2,1-2H3. The van der Waals surface area contributed by atoms with Crippen LogP contribution < -0.4 is 5.73 Å². The Labute approximate surface area is 118 Å². The van der Waals surface area contributed by atoms with Gasteiger partial charge in [0.05, 0.1) is 16.3 Å². The number of benzene rings is 1. The fourth-order valence-electron chi connectivity index (χ4n) is 1.55. The van der Waals surface area contributed by atoms with Gasteiger partial charge in [0.1, 0.15) is 0 Å². The summed E-state index contributed by atoms with van der Waals surface area (Å²) < 4.78 is 24.1. The van der Waals surface area contributed by atoms with Crippen LogP contribution in [-0.2, 0) is 14.6 Å². The Hall–Kier alpha value is -1.27. The Morgan fingerprint density at radius 3 is 2.53 bits per heavy atom. The molecular weight excluding hydrogens is 288 g/mol. The van der Waals surface area contributed by atoms with Gasteiger partial charge in [-0.15, -0.1) is 0 Å². The molecule has 2 N–H and O–H groups in total. The summed E-state index contributed by atoms with van der Waals surface area (Å²) in [7, 11) is -0.218. The van der Waals surface area contributed by atoms with Crippen molar-refractivity contribution in [2.45, 2.75) is 17.7 Å². The monoisotopic (exact) mass is 304 g/mol. The van der Waals surface area contributed by atoms with Gasteiger partial charge in [-0.3, -0.25) is 4.79 Å². The van der Waals surface area contributed by atoms with Crippen molar-refractivity contribution in [1.82, 2.24) is 4.90 Å². The maximum absolute atomic E-state index is 12.1. The molecule has 7 heteroatoms. The molecule has 106 valence electrons. The van der Waals surface area contributed by atoms with Crippen molar-refractivity contribution in [3.63, 3.8) is 0 Å². The molecule has 0 aliphatic rings. The topological polar surface area (TPSA) is 80.5 Å². The molecule has 0 aromatic heterocycles. The zero-order chi connectivity index (χ0) is 14.6. The Morgan fingerprint density at radius 2 is 2.00 bits per heavy atom. The molecule has 1 rings (SSSR count). The number of halogens is 1.